The monoisotopic (exact) mass is 308 g/mol. The van der Waals surface area contributed by atoms with E-state index in [1.165, 1.54) is 5.56 Å². The summed E-state index contributed by atoms with van der Waals surface area (Å²) in [5.41, 5.74) is 3.29. The van der Waals surface area contributed by atoms with E-state index in [0.29, 0.717) is 10.0 Å². The summed E-state index contributed by atoms with van der Waals surface area (Å²) in [7, 11) is 0. The van der Waals surface area contributed by atoms with E-state index in [1.807, 2.05) is 37.4 Å². The van der Waals surface area contributed by atoms with Crippen LogP contribution in [-0.2, 0) is 0 Å². The highest BCUT2D eigenvalue weighted by atomic mass is 35.5. The van der Waals surface area contributed by atoms with Gasteiger partial charge in [0.1, 0.15) is 0 Å². The molecular weight excluding hydrogens is 291 g/mol. The third-order valence-electron chi connectivity index (χ3n) is 3.23. The van der Waals surface area contributed by atoms with Crippen LogP contribution in [-0.4, -0.2) is 11.5 Å². The molecule has 0 aliphatic heterocycles. The minimum Gasteiger partial charge on any atom is -0.306 e. The van der Waals surface area contributed by atoms with E-state index in [9.17, 15) is 0 Å². The molecule has 1 N–H and O–H groups in total. The lowest BCUT2D eigenvalue weighted by molar-refractivity contribution is 0.594. The molecule has 1 unspecified atom stereocenters. The number of pyridine rings is 1. The van der Waals surface area contributed by atoms with Crippen LogP contribution in [0.5, 0.6) is 0 Å². The third kappa shape index (κ3) is 3.51. The zero-order chi connectivity index (χ0) is 14.5. The van der Waals surface area contributed by atoms with Crippen molar-refractivity contribution in [1.29, 1.82) is 0 Å². The molecule has 2 nitrogen and oxygen atoms in total. The van der Waals surface area contributed by atoms with Crippen molar-refractivity contribution in [2.45, 2.75) is 26.3 Å². The lowest BCUT2D eigenvalue weighted by Gasteiger charge is -2.21. The normalized spacial score (nSPS) is 12.4. The molecule has 0 saturated carbocycles. The van der Waals surface area contributed by atoms with Crippen LogP contribution in [0.2, 0.25) is 10.0 Å². The molecule has 0 aliphatic rings. The van der Waals surface area contributed by atoms with Crippen molar-refractivity contribution in [2.75, 3.05) is 6.54 Å². The van der Waals surface area contributed by atoms with Gasteiger partial charge in [0.25, 0.3) is 0 Å². The number of aryl methyl sites for hydroxylation is 1. The molecule has 1 aromatic carbocycles. The van der Waals surface area contributed by atoms with Gasteiger partial charge in [-0.1, -0.05) is 42.3 Å². The molecule has 2 rings (SSSR count). The quantitative estimate of drug-likeness (QED) is 0.859. The maximum Gasteiger partial charge on any atom is 0.0595 e. The summed E-state index contributed by atoms with van der Waals surface area (Å²) < 4.78 is 0. The van der Waals surface area contributed by atoms with Gasteiger partial charge in [0.2, 0.25) is 0 Å². The van der Waals surface area contributed by atoms with Crippen molar-refractivity contribution in [2.24, 2.45) is 0 Å². The summed E-state index contributed by atoms with van der Waals surface area (Å²) in [5.74, 6) is 0. The van der Waals surface area contributed by atoms with Crippen LogP contribution in [0, 0.1) is 6.92 Å². The second-order valence-corrected chi connectivity index (χ2v) is 5.55. The fraction of sp³-hybridized carbons (Fsp3) is 0.312. The first kappa shape index (κ1) is 15.3. The molecule has 0 bridgehead atoms. The Balaban J connectivity index is 2.41. The number of hydrogen-bond acceptors (Lipinski definition) is 2. The fourth-order valence-corrected chi connectivity index (χ4v) is 2.50. The van der Waals surface area contributed by atoms with E-state index in [0.717, 1.165) is 24.2 Å². The summed E-state index contributed by atoms with van der Waals surface area (Å²) in [6.45, 7) is 5.10. The maximum atomic E-state index is 6.14. The summed E-state index contributed by atoms with van der Waals surface area (Å²) >= 11 is 12.1. The topological polar surface area (TPSA) is 24.9 Å². The Morgan fingerprint density at radius 1 is 1.20 bits per heavy atom. The summed E-state index contributed by atoms with van der Waals surface area (Å²) in [4.78, 5) is 4.37. The van der Waals surface area contributed by atoms with E-state index in [4.69, 9.17) is 23.2 Å². The third-order valence-corrected chi connectivity index (χ3v) is 3.97. The lowest BCUT2D eigenvalue weighted by atomic mass is 9.97. The molecule has 2 aromatic rings. The largest absolute Gasteiger partial charge is 0.306 e. The zero-order valence-corrected chi connectivity index (χ0v) is 13.2. The molecule has 0 fully saturated rings. The zero-order valence-electron chi connectivity index (χ0n) is 11.7. The molecule has 0 spiro atoms. The number of halogens is 2. The molecule has 1 aromatic heterocycles. The fourth-order valence-electron chi connectivity index (χ4n) is 2.19. The van der Waals surface area contributed by atoms with E-state index in [-0.39, 0.29) is 6.04 Å². The molecular formula is C16H18Cl2N2. The molecule has 0 radical (unpaired) electrons. The standard InChI is InChI=1S/C16H18Cl2N2/c1-3-8-20-16(13-5-4-9-19-11(13)2)12-6-7-14(17)15(18)10-12/h4-7,9-10,16,20H,3,8H2,1-2H3. The minimum atomic E-state index is 0.0819. The predicted molar refractivity (Wildman–Crippen MR) is 85.6 cm³/mol. The summed E-state index contributed by atoms with van der Waals surface area (Å²) in [6.07, 6.45) is 2.88. The number of nitrogens with one attached hydrogen (secondary N) is 1. The molecule has 0 saturated heterocycles. The summed E-state index contributed by atoms with van der Waals surface area (Å²) in [5, 5.41) is 4.70. The van der Waals surface area contributed by atoms with Gasteiger partial charge < -0.3 is 5.32 Å². The number of nitrogens with zero attached hydrogens (tertiary/aromatic N) is 1. The van der Waals surface area contributed by atoms with E-state index in [2.05, 4.69) is 23.3 Å². The Morgan fingerprint density at radius 3 is 2.65 bits per heavy atom. The number of rotatable bonds is 5. The van der Waals surface area contributed by atoms with Crippen molar-refractivity contribution in [3.63, 3.8) is 0 Å². The Labute approximate surface area is 130 Å². The minimum absolute atomic E-state index is 0.0819. The van der Waals surface area contributed by atoms with Gasteiger partial charge in [-0.3, -0.25) is 4.98 Å². The van der Waals surface area contributed by atoms with Crippen LogP contribution in [0.25, 0.3) is 0 Å². The number of benzene rings is 1. The van der Waals surface area contributed by atoms with E-state index in [1.54, 1.807) is 0 Å². The summed E-state index contributed by atoms with van der Waals surface area (Å²) in [6, 6.07) is 9.90. The van der Waals surface area contributed by atoms with Crippen LogP contribution in [0.1, 0.15) is 36.2 Å². The van der Waals surface area contributed by atoms with Crippen molar-refractivity contribution in [1.82, 2.24) is 10.3 Å². The van der Waals surface area contributed by atoms with Crippen LogP contribution in [0.15, 0.2) is 36.5 Å². The Morgan fingerprint density at radius 2 is 2.00 bits per heavy atom. The van der Waals surface area contributed by atoms with Crippen LogP contribution >= 0.6 is 23.2 Å². The predicted octanol–water partition coefficient (Wildman–Crippen LogP) is 4.79. The highest BCUT2D eigenvalue weighted by Gasteiger charge is 2.16. The van der Waals surface area contributed by atoms with Crippen molar-refractivity contribution < 1.29 is 0 Å². The Hall–Kier alpha value is -1.09. The van der Waals surface area contributed by atoms with E-state index >= 15 is 0 Å². The van der Waals surface area contributed by atoms with Crippen LogP contribution in [0.3, 0.4) is 0 Å². The van der Waals surface area contributed by atoms with E-state index < -0.39 is 0 Å². The average molecular weight is 309 g/mol. The highest BCUT2D eigenvalue weighted by molar-refractivity contribution is 6.42. The molecule has 4 heteroatoms. The lowest BCUT2D eigenvalue weighted by Crippen LogP contribution is -2.24. The van der Waals surface area contributed by atoms with Crippen molar-refractivity contribution >= 4 is 23.2 Å². The van der Waals surface area contributed by atoms with Gasteiger partial charge >= 0.3 is 0 Å². The Bertz CT molecular complexity index is 584. The van der Waals surface area contributed by atoms with Crippen molar-refractivity contribution in [3.05, 3.63) is 63.4 Å². The second-order valence-electron chi connectivity index (χ2n) is 4.74. The number of aromatic nitrogens is 1. The van der Waals surface area contributed by atoms with Crippen LogP contribution < -0.4 is 5.32 Å². The maximum absolute atomic E-state index is 6.14. The highest BCUT2D eigenvalue weighted by Crippen LogP contribution is 2.29. The molecule has 1 atom stereocenters. The smallest absolute Gasteiger partial charge is 0.0595 e. The SMILES string of the molecule is CCCNC(c1ccc(Cl)c(Cl)c1)c1cccnc1C. The van der Waals surface area contributed by atoms with Gasteiger partial charge in [0.05, 0.1) is 16.1 Å². The average Bonchev–Trinajstić information content (AvgIpc) is 2.44. The molecule has 20 heavy (non-hydrogen) atoms. The van der Waals surface area contributed by atoms with Crippen molar-refractivity contribution in [3.8, 4) is 0 Å². The first-order valence-corrected chi connectivity index (χ1v) is 7.49. The first-order chi connectivity index (χ1) is 9.63. The first-order valence-electron chi connectivity index (χ1n) is 6.73. The van der Waals surface area contributed by atoms with Gasteiger partial charge in [-0.05, 0) is 49.2 Å². The van der Waals surface area contributed by atoms with Gasteiger partial charge in [0, 0.05) is 11.9 Å². The number of hydrogen-bond donors (Lipinski definition) is 1. The van der Waals surface area contributed by atoms with Gasteiger partial charge in [-0.15, -0.1) is 0 Å². The Kier molecular flexibility index (Phi) is 5.41. The molecule has 0 aliphatic carbocycles. The molecule has 0 amide bonds. The van der Waals surface area contributed by atoms with Gasteiger partial charge in [0.15, 0.2) is 0 Å². The van der Waals surface area contributed by atoms with Gasteiger partial charge in [-0.25, -0.2) is 0 Å². The van der Waals surface area contributed by atoms with Crippen LogP contribution in [0.4, 0.5) is 0 Å². The second kappa shape index (κ2) is 7.07. The van der Waals surface area contributed by atoms with Gasteiger partial charge in [-0.2, -0.15) is 0 Å². The molecule has 1 heterocycles. The molecule has 106 valence electrons.